The number of nitrogens with zero attached hydrogens (tertiary/aromatic N) is 3. The van der Waals surface area contributed by atoms with Crippen LogP contribution < -0.4 is 5.32 Å². The number of methoxy groups -OCH3 is 1. The minimum absolute atomic E-state index is 0.0549. The minimum Gasteiger partial charge on any atom is -0.383 e. The molecule has 2 aliphatic rings. The van der Waals surface area contributed by atoms with E-state index in [0.717, 1.165) is 37.4 Å². The van der Waals surface area contributed by atoms with E-state index >= 15 is 0 Å². The number of aliphatic imine (C=N–C) groups is 1. The molecule has 1 N–H and O–H groups in total. The number of carbonyl (C=O) groups is 1. The number of nitro groups is 1. The van der Waals surface area contributed by atoms with Crippen molar-refractivity contribution in [2.24, 2.45) is 4.99 Å². The zero-order valence-electron chi connectivity index (χ0n) is 20.1. The van der Waals surface area contributed by atoms with Gasteiger partial charge in [0.05, 0.1) is 22.9 Å². The summed E-state index contributed by atoms with van der Waals surface area (Å²) in [4.78, 5) is 31.4. The quantitative estimate of drug-likeness (QED) is 0.274. The van der Waals surface area contributed by atoms with Gasteiger partial charge in [0.2, 0.25) is 5.91 Å². The zero-order chi connectivity index (χ0) is 25.1. The Morgan fingerprint density at radius 3 is 2.64 bits per heavy atom. The summed E-state index contributed by atoms with van der Waals surface area (Å²) < 4.78 is 5.37. The van der Waals surface area contributed by atoms with Crippen molar-refractivity contribution in [1.29, 1.82) is 0 Å². The molecule has 5 rings (SSSR count). The molecule has 1 amide bonds. The third-order valence-corrected chi connectivity index (χ3v) is 6.85. The largest absolute Gasteiger partial charge is 0.383 e. The first-order chi connectivity index (χ1) is 17.5. The van der Waals surface area contributed by atoms with Crippen molar-refractivity contribution >= 4 is 28.7 Å². The summed E-state index contributed by atoms with van der Waals surface area (Å²) >= 11 is 0. The molecule has 184 valence electrons. The maximum atomic E-state index is 13.1. The number of hydrogen-bond acceptors (Lipinski definition) is 6. The molecule has 2 atom stereocenters. The van der Waals surface area contributed by atoms with Gasteiger partial charge in [0, 0.05) is 43.1 Å². The van der Waals surface area contributed by atoms with Gasteiger partial charge >= 0.3 is 0 Å². The van der Waals surface area contributed by atoms with Gasteiger partial charge in [0.15, 0.2) is 0 Å². The predicted octanol–water partition coefficient (Wildman–Crippen LogP) is 5.06. The molecule has 1 saturated heterocycles. The number of amides is 1. The molecule has 36 heavy (non-hydrogen) atoms. The summed E-state index contributed by atoms with van der Waals surface area (Å²) in [6.45, 7) is 2.66. The number of fused-ring (bicyclic) bond motifs is 1. The fourth-order valence-electron chi connectivity index (χ4n) is 5.07. The average Bonchev–Trinajstić information content (AvgIpc) is 3.46. The van der Waals surface area contributed by atoms with E-state index in [2.05, 4.69) is 22.3 Å². The molecule has 0 saturated carbocycles. The smallest absolute Gasteiger partial charge is 0.269 e. The lowest BCUT2D eigenvalue weighted by atomic mass is 9.90. The summed E-state index contributed by atoms with van der Waals surface area (Å²) in [5, 5.41) is 14.2. The highest BCUT2D eigenvalue weighted by atomic mass is 16.6. The number of anilines is 1. The zero-order valence-corrected chi connectivity index (χ0v) is 20.1. The molecule has 3 aromatic rings. The summed E-state index contributed by atoms with van der Waals surface area (Å²) in [6, 6.07) is 22.4. The van der Waals surface area contributed by atoms with Crippen LogP contribution in [0.2, 0.25) is 0 Å². The maximum absolute atomic E-state index is 13.1. The Morgan fingerprint density at radius 1 is 1.14 bits per heavy atom. The molecule has 0 aromatic heterocycles. The SMILES string of the molecule is COCC1CCCN1Cc1ccc(N=C(c2ccccc2)C2C(=O)Nc3ccc([N+](=O)[O-])cc32)cc1. The lowest BCUT2D eigenvalue weighted by molar-refractivity contribution is -0.384. The van der Waals surface area contributed by atoms with E-state index < -0.39 is 10.8 Å². The van der Waals surface area contributed by atoms with Gasteiger partial charge in [0.1, 0.15) is 5.92 Å². The van der Waals surface area contributed by atoms with E-state index in [4.69, 9.17) is 9.73 Å². The first kappa shape index (κ1) is 23.8. The van der Waals surface area contributed by atoms with E-state index in [1.165, 1.54) is 24.1 Å². The van der Waals surface area contributed by atoms with Crippen molar-refractivity contribution in [3.05, 3.63) is 99.6 Å². The van der Waals surface area contributed by atoms with Gasteiger partial charge in [0.25, 0.3) is 5.69 Å². The first-order valence-electron chi connectivity index (χ1n) is 12.1. The van der Waals surface area contributed by atoms with E-state index in [1.54, 1.807) is 13.2 Å². The molecule has 2 aliphatic heterocycles. The number of rotatable bonds is 8. The standard InChI is InChI=1S/C28H28N4O4/c1-36-18-23-8-5-15-31(23)17-19-9-11-21(12-10-19)29-27(20-6-3-2-4-7-20)26-24-16-22(32(34)35)13-14-25(24)30-28(26)33/h2-4,6-7,9-14,16,23,26H,5,8,15,17-18H2,1H3,(H,30,33). The molecule has 0 bridgehead atoms. The summed E-state index contributed by atoms with van der Waals surface area (Å²) in [7, 11) is 1.74. The third-order valence-electron chi connectivity index (χ3n) is 6.85. The van der Waals surface area contributed by atoms with E-state index in [0.29, 0.717) is 23.0 Å². The van der Waals surface area contributed by atoms with Crippen molar-refractivity contribution in [3.63, 3.8) is 0 Å². The number of non-ortho nitro benzene ring substituents is 1. The van der Waals surface area contributed by atoms with Crippen LogP contribution in [0.15, 0.2) is 77.8 Å². The molecule has 0 aliphatic carbocycles. The second kappa shape index (κ2) is 10.4. The van der Waals surface area contributed by atoms with Crippen LogP contribution in [-0.4, -0.2) is 47.7 Å². The molecule has 3 aromatic carbocycles. The molecule has 0 radical (unpaired) electrons. The van der Waals surface area contributed by atoms with Crippen LogP contribution in [0.4, 0.5) is 17.1 Å². The Kier molecular flexibility index (Phi) is 6.88. The van der Waals surface area contributed by atoms with Crippen molar-refractivity contribution in [3.8, 4) is 0 Å². The number of carbonyl (C=O) groups excluding carboxylic acids is 1. The Bertz CT molecular complexity index is 1290. The lowest BCUT2D eigenvalue weighted by Crippen LogP contribution is -2.32. The van der Waals surface area contributed by atoms with Crippen LogP contribution >= 0.6 is 0 Å². The highest BCUT2D eigenvalue weighted by Crippen LogP contribution is 2.38. The molecular formula is C28H28N4O4. The summed E-state index contributed by atoms with van der Waals surface area (Å²) in [5.74, 6) is -0.996. The van der Waals surface area contributed by atoms with Gasteiger partial charge in [-0.05, 0) is 48.7 Å². The highest BCUT2D eigenvalue weighted by molar-refractivity contribution is 6.24. The Hall–Kier alpha value is -3.88. The lowest BCUT2D eigenvalue weighted by Gasteiger charge is -2.23. The Labute approximate surface area is 209 Å². The molecule has 0 spiro atoms. The van der Waals surface area contributed by atoms with Gasteiger partial charge in [-0.25, -0.2) is 0 Å². The highest BCUT2D eigenvalue weighted by Gasteiger charge is 2.36. The molecule has 8 heteroatoms. The second-order valence-electron chi connectivity index (χ2n) is 9.20. The fraction of sp³-hybridized carbons (Fsp3) is 0.286. The molecular weight excluding hydrogens is 456 g/mol. The monoisotopic (exact) mass is 484 g/mol. The van der Waals surface area contributed by atoms with Crippen molar-refractivity contribution in [1.82, 2.24) is 4.90 Å². The van der Waals surface area contributed by atoms with E-state index in [9.17, 15) is 14.9 Å². The topological polar surface area (TPSA) is 97.1 Å². The number of nitrogens with one attached hydrogen (secondary N) is 1. The van der Waals surface area contributed by atoms with Gasteiger partial charge in [-0.3, -0.25) is 24.8 Å². The van der Waals surface area contributed by atoms with Crippen LogP contribution in [0.5, 0.6) is 0 Å². The van der Waals surface area contributed by atoms with Gasteiger partial charge in [-0.1, -0.05) is 42.5 Å². The maximum Gasteiger partial charge on any atom is 0.269 e. The number of nitro benzene ring substituents is 1. The Balaban J connectivity index is 1.47. The predicted molar refractivity (Wildman–Crippen MR) is 139 cm³/mol. The number of ether oxygens (including phenoxy) is 1. The first-order valence-corrected chi connectivity index (χ1v) is 12.1. The molecule has 1 fully saturated rings. The molecule has 8 nitrogen and oxygen atoms in total. The molecule has 2 unspecified atom stereocenters. The van der Waals surface area contributed by atoms with Crippen molar-refractivity contribution in [2.45, 2.75) is 31.3 Å². The van der Waals surface area contributed by atoms with Crippen LogP contribution in [0.3, 0.4) is 0 Å². The third kappa shape index (κ3) is 4.91. The average molecular weight is 485 g/mol. The normalized spacial score (nSPS) is 19.8. The number of benzene rings is 3. The van der Waals surface area contributed by atoms with Crippen LogP contribution in [0, 0.1) is 10.1 Å². The van der Waals surface area contributed by atoms with E-state index in [1.807, 2.05) is 42.5 Å². The number of likely N-dealkylation sites (tertiary alicyclic amines) is 1. The van der Waals surface area contributed by atoms with Crippen LogP contribution in [0.1, 0.15) is 35.4 Å². The summed E-state index contributed by atoms with van der Waals surface area (Å²) in [5.41, 5.74) is 4.34. The number of hydrogen-bond donors (Lipinski definition) is 1. The summed E-state index contributed by atoms with van der Waals surface area (Å²) in [6.07, 6.45) is 2.33. The van der Waals surface area contributed by atoms with Crippen LogP contribution in [0.25, 0.3) is 0 Å². The van der Waals surface area contributed by atoms with Crippen molar-refractivity contribution in [2.75, 3.05) is 25.6 Å². The van der Waals surface area contributed by atoms with Crippen LogP contribution in [-0.2, 0) is 16.1 Å². The van der Waals surface area contributed by atoms with Gasteiger partial charge in [-0.2, -0.15) is 0 Å². The second-order valence-corrected chi connectivity index (χ2v) is 9.20. The Morgan fingerprint density at radius 2 is 1.92 bits per heavy atom. The molecule has 2 heterocycles. The van der Waals surface area contributed by atoms with E-state index in [-0.39, 0.29) is 11.6 Å². The fourth-order valence-corrected chi connectivity index (χ4v) is 5.07. The van der Waals surface area contributed by atoms with Gasteiger partial charge < -0.3 is 10.1 Å². The van der Waals surface area contributed by atoms with Crippen molar-refractivity contribution < 1.29 is 14.5 Å². The minimum atomic E-state index is -0.749. The van der Waals surface area contributed by atoms with Gasteiger partial charge in [-0.15, -0.1) is 0 Å².